The van der Waals surface area contributed by atoms with Gasteiger partial charge < -0.3 is 10.1 Å². The largest absolute Gasteiger partial charge is 0.487 e. The van der Waals surface area contributed by atoms with Crippen LogP contribution in [-0.2, 0) is 24.2 Å². The van der Waals surface area contributed by atoms with Crippen molar-refractivity contribution in [3.8, 4) is 17.9 Å². The van der Waals surface area contributed by atoms with Crippen LogP contribution in [0.25, 0.3) is 16.8 Å². The third-order valence-electron chi connectivity index (χ3n) is 6.40. The van der Waals surface area contributed by atoms with Crippen LogP contribution in [0.15, 0.2) is 60.2 Å². The summed E-state index contributed by atoms with van der Waals surface area (Å²) in [5.41, 5.74) is 3.37. The summed E-state index contributed by atoms with van der Waals surface area (Å²) >= 11 is 5.88. The van der Waals surface area contributed by atoms with E-state index in [4.69, 9.17) is 4.74 Å². The number of nitriles is 2. The van der Waals surface area contributed by atoms with Gasteiger partial charge in [-0.15, -0.1) is 11.3 Å². The molecule has 8 heteroatoms. The van der Waals surface area contributed by atoms with Crippen LogP contribution < -0.4 is 10.1 Å². The lowest BCUT2D eigenvalue weighted by molar-refractivity contribution is -0.112. The number of hydrogen-bond acceptors (Lipinski definition) is 5. The summed E-state index contributed by atoms with van der Waals surface area (Å²) in [6.45, 7) is 0.434. The quantitative estimate of drug-likeness (QED) is 0.123. The normalized spacial score (nSPS) is 12.9. The van der Waals surface area contributed by atoms with Gasteiger partial charge in [0.25, 0.3) is 5.91 Å². The second-order valence-electron chi connectivity index (χ2n) is 8.93. The number of fused-ring (bicyclic) bond motifs is 2. The lowest BCUT2D eigenvalue weighted by Crippen LogP contribution is -2.13. The van der Waals surface area contributed by atoms with Gasteiger partial charge in [-0.1, -0.05) is 36.4 Å². The summed E-state index contributed by atoms with van der Waals surface area (Å²) < 4.78 is 7.94. The predicted octanol–water partition coefficient (Wildman–Crippen LogP) is 7.99. The van der Waals surface area contributed by atoms with Gasteiger partial charge >= 0.3 is 0 Å². The van der Waals surface area contributed by atoms with Gasteiger partial charge in [-0.3, -0.25) is 4.79 Å². The molecule has 0 bridgehead atoms. The molecule has 1 aliphatic rings. The van der Waals surface area contributed by atoms with Crippen molar-refractivity contribution in [2.24, 2.45) is 0 Å². The number of rotatable bonds is 6. The predicted molar refractivity (Wildman–Crippen MR) is 168 cm³/mol. The Bertz CT molecular complexity index is 1650. The van der Waals surface area contributed by atoms with Crippen LogP contribution in [0.1, 0.15) is 40.0 Å². The zero-order chi connectivity index (χ0) is 26.6. The van der Waals surface area contributed by atoms with E-state index in [1.807, 2.05) is 30.3 Å². The SMILES string of the molecule is N#C/C(=C\c1cc(I)c(OCc2ccc3ccccc3c2)c(I)c1)C(=O)Nc1sc2c(c1C#N)CCCC2. The van der Waals surface area contributed by atoms with E-state index in [9.17, 15) is 15.3 Å². The summed E-state index contributed by atoms with van der Waals surface area (Å²) in [7, 11) is 0. The molecule has 1 aromatic heterocycles. The Labute approximate surface area is 252 Å². The van der Waals surface area contributed by atoms with Crippen LogP contribution in [0.3, 0.4) is 0 Å². The average molecular weight is 741 g/mol. The maximum Gasteiger partial charge on any atom is 0.266 e. The molecule has 4 aromatic rings. The fraction of sp³-hybridized carbons (Fsp3) is 0.167. The smallest absolute Gasteiger partial charge is 0.266 e. The molecule has 188 valence electrons. The highest BCUT2D eigenvalue weighted by atomic mass is 127. The minimum atomic E-state index is -0.510. The van der Waals surface area contributed by atoms with Crippen molar-refractivity contribution in [3.05, 3.63) is 94.4 Å². The maximum atomic E-state index is 13.0. The Morgan fingerprint density at radius 2 is 1.76 bits per heavy atom. The molecule has 38 heavy (non-hydrogen) atoms. The molecule has 0 aliphatic heterocycles. The van der Waals surface area contributed by atoms with E-state index >= 15 is 0 Å². The summed E-state index contributed by atoms with van der Waals surface area (Å²) in [6, 6.07) is 22.6. The minimum absolute atomic E-state index is 0.0170. The van der Waals surface area contributed by atoms with Crippen molar-refractivity contribution >= 4 is 84.3 Å². The lowest BCUT2D eigenvalue weighted by Gasteiger charge is -2.12. The highest BCUT2D eigenvalue weighted by Gasteiger charge is 2.23. The lowest BCUT2D eigenvalue weighted by atomic mass is 9.96. The van der Waals surface area contributed by atoms with E-state index in [0.29, 0.717) is 17.2 Å². The molecule has 0 unspecified atom stereocenters. The summed E-state index contributed by atoms with van der Waals surface area (Å²) in [5.74, 6) is 0.256. The van der Waals surface area contributed by atoms with Gasteiger partial charge in [0.05, 0.1) is 12.7 Å². The van der Waals surface area contributed by atoms with Crippen molar-refractivity contribution in [2.45, 2.75) is 32.3 Å². The number of anilines is 1. The molecule has 1 N–H and O–H groups in total. The number of nitrogens with one attached hydrogen (secondary N) is 1. The number of aryl methyl sites for hydroxylation is 1. The molecule has 0 atom stereocenters. The van der Waals surface area contributed by atoms with Crippen LogP contribution >= 0.6 is 56.5 Å². The number of carbonyl (C=O) groups is 1. The number of benzene rings is 3. The number of halogens is 2. The molecule has 0 fully saturated rings. The van der Waals surface area contributed by atoms with E-state index in [1.54, 1.807) is 6.08 Å². The number of amides is 1. The van der Waals surface area contributed by atoms with Crippen molar-refractivity contribution in [2.75, 3.05) is 5.32 Å². The van der Waals surface area contributed by atoms with Crippen LogP contribution in [0.5, 0.6) is 5.75 Å². The van der Waals surface area contributed by atoms with E-state index < -0.39 is 5.91 Å². The second kappa shape index (κ2) is 11.9. The average Bonchev–Trinajstić information content (AvgIpc) is 3.27. The maximum absolute atomic E-state index is 13.0. The van der Waals surface area contributed by atoms with E-state index in [0.717, 1.165) is 60.1 Å². The molecule has 5 rings (SSSR count). The first-order valence-electron chi connectivity index (χ1n) is 12.0. The zero-order valence-electron chi connectivity index (χ0n) is 20.2. The van der Waals surface area contributed by atoms with E-state index in [2.05, 4.69) is 86.9 Å². The minimum Gasteiger partial charge on any atom is -0.487 e. The molecule has 0 saturated carbocycles. The zero-order valence-corrected chi connectivity index (χ0v) is 25.3. The van der Waals surface area contributed by atoms with Gasteiger partial charge in [-0.25, -0.2) is 0 Å². The van der Waals surface area contributed by atoms with Gasteiger partial charge in [0.1, 0.15) is 35.1 Å². The molecule has 0 radical (unpaired) electrons. The van der Waals surface area contributed by atoms with Gasteiger partial charge in [0.2, 0.25) is 0 Å². The van der Waals surface area contributed by atoms with Gasteiger partial charge in [-0.05, 0) is 123 Å². The summed E-state index contributed by atoms with van der Waals surface area (Å²) in [5, 5.41) is 25.1. The summed E-state index contributed by atoms with van der Waals surface area (Å²) in [6.07, 6.45) is 5.50. The third kappa shape index (κ3) is 5.73. The first kappa shape index (κ1) is 26.7. The Hall–Kier alpha value is -2.93. The Kier molecular flexibility index (Phi) is 8.32. The fourth-order valence-electron chi connectivity index (χ4n) is 4.54. The van der Waals surface area contributed by atoms with Crippen molar-refractivity contribution in [1.82, 2.24) is 0 Å². The van der Waals surface area contributed by atoms with Crippen molar-refractivity contribution in [1.29, 1.82) is 10.5 Å². The third-order valence-corrected chi connectivity index (χ3v) is 9.21. The van der Waals surface area contributed by atoms with Crippen molar-refractivity contribution in [3.63, 3.8) is 0 Å². The van der Waals surface area contributed by atoms with E-state index in [1.165, 1.54) is 22.1 Å². The van der Waals surface area contributed by atoms with Gasteiger partial charge in [0.15, 0.2) is 0 Å². The summed E-state index contributed by atoms with van der Waals surface area (Å²) in [4.78, 5) is 14.1. The molecular formula is C30H21I2N3O2S. The number of thiophene rings is 1. The highest BCUT2D eigenvalue weighted by molar-refractivity contribution is 14.1. The van der Waals surface area contributed by atoms with Crippen LogP contribution in [-0.4, -0.2) is 5.91 Å². The molecule has 1 amide bonds. The number of carbonyl (C=O) groups excluding carboxylic acids is 1. The van der Waals surface area contributed by atoms with E-state index in [-0.39, 0.29) is 5.57 Å². The Morgan fingerprint density at radius 1 is 1.03 bits per heavy atom. The van der Waals surface area contributed by atoms with Crippen LogP contribution in [0, 0.1) is 29.8 Å². The molecule has 3 aromatic carbocycles. The molecule has 1 heterocycles. The first-order chi connectivity index (χ1) is 18.5. The van der Waals surface area contributed by atoms with Crippen LogP contribution in [0.4, 0.5) is 5.00 Å². The Balaban J connectivity index is 1.33. The second-order valence-corrected chi connectivity index (χ2v) is 12.4. The fourth-order valence-corrected chi connectivity index (χ4v) is 7.91. The monoisotopic (exact) mass is 741 g/mol. The van der Waals surface area contributed by atoms with Gasteiger partial charge in [-0.2, -0.15) is 10.5 Å². The highest BCUT2D eigenvalue weighted by Crippen LogP contribution is 2.38. The molecule has 5 nitrogen and oxygen atoms in total. The van der Waals surface area contributed by atoms with Gasteiger partial charge in [0, 0.05) is 4.88 Å². The van der Waals surface area contributed by atoms with Crippen LogP contribution in [0.2, 0.25) is 0 Å². The molecule has 0 saturated heterocycles. The molecular weight excluding hydrogens is 720 g/mol. The topological polar surface area (TPSA) is 85.9 Å². The number of hydrogen-bond donors (Lipinski definition) is 1. The Morgan fingerprint density at radius 3 is 2.50 bits per heavy atom. The first-order valence-corrected chi connectivity index (χ1v) is 15.0. The standard InChI is InChI=1S/C30H21I2N3O2S/c31-25-13-19(14-26(32)28(25)37-17-18-9-10-20-5-1-2-6-21(20)11-18)12-22(15-33)29(36)35-30-24(16-34)23-7-3-4-8-27(23)38-30/h1-2,5-6,9-14H,3-4,7-8,17H2,(H,35,36)/b22-12+. The molecule has 0 spiro atoms. The number of nitrogens with zero attached hydrogens (tertiary/aromatic N) is 2. The number of ether oxygens (including phenoxy) is 1. The molecule has 1 aliphatic carbocycles. The van der Waals surface area contributed by atoms with Crippen molar-refractivity contribution < 1.29 is 9.53 Å².